The molecule has 0 spiro atoms. The van der Waals surface area contributed by atoms with Crippen molar-refractivity contribution in [2.24, 2.45) is 0 Å². The van der Waals surface area contributed by atoms with Crippen LogP contribution in [0.1, 0.15) is 5.56 Å². The van der Waals surface area contributed by atoms with Gasteiger partial charge in [-0.3, -0.25) is 0 Å². The third kappa shape index (κ3) is 1.85. The molecule has 0 saturated heterocycles. The average Bonchev–Trinajstić information content (AvgIpc) is 1.88. The molecule has 10 heavy (non-hydrogen) atoms. The molecule has 0 aromatic heterocycles. The normalized spacial score (nSPS) is 9.90. The predicted octanol–water partition coefficient (Wildman–Crippen LogP) is 2.86. The van der Waals surface area contributed by atoms with Crippen LogP contribution in [0.15, 0.2) is 18.2 Å². The van der Waals surface area contributed by atoms with Gasteiger partial charge in [-0.15, -0.1) is 0 Å². The van der Waals surface area contributed by atoms with Gasteiger partial charge in [0, 0.05) is 9.32 Å². The largest absolute Gasteiger partial charge is 0.207 e. The van der Waals surface area contributed by atoms with E-state index in [1.54, 1.807) is 6.07 Å². The smallest absolute Gasteiger partial charge is 0.124 e. The van der Waals surface area contributed by atoms with Crippen LogP contribution < -0.4 is 0 Å². The van der Waals surface area contributed by atoms with E-state index in [9.17, 15) is 4.39 Å². The first-order valence-electron chi connectivity index (χ1n) is 2.79. The Hall–Kier alpha value is 0.230. The van der Waals surface area contributed by atoms with Gasteiger partial charge in [0.2, 0.25) is 0 Å². The summed E-state index contributed by atoms with van der Waals surface area (Å²) in [6.07, 6.45) is 0. The zero-order valence-electron chi connectivity index (χ0n) is 5.14. The molecule has 1 aromatic rings. The molecule has 0 unspecified atom stereocenters. The molecule has 0 atom stereocenters. The maximum atomic E-state index is 12.5. The first-order chi connectivity index (χ1) is 4.74. The number of rotatable bonds is 1. The van der Waals surface area contributed by atoms with Crippen molar-refractivity contribution >= 4 is 35.2 Å². The van der Waals surface area contributed by atoms with Crippen molar-refractivity contribution in [3.63, 3.8) is 0 Å². The lowest BCUT2D eigenvalue weighted by Crippen LogP contribution is -1.84. The second-order valence-corrected chi connectivity index (χ2v) is 3.37. The van der Waals surface area contributed by atoms with E-state index in [1.165, 1.54) is 12.1 Å². The summed E-state index contributed by atoms with van der Waals surface area (Å²) in [5.41, 5.74) is 1.07. The van der Waals surface area contributed by atoms with Crippen LogP contribution in [0.3, 0.4) is 0 Å². The summed E-state index contributed by atoms with van der Waals surface area (Å²) in [5.74, 6) is 0.480. The molecule has 0 aliphatic heterocycles. The Balaban J connectivity index is 3.07. The Labute approximate surface area is 78.4 Å². The van der Waals surface area contributed by atoms with Crippen molar-refractivity contribution in [1.29, 1.82) is 0 Å². The van der Waals surface area contributed by atoms with Crippen LogP contribution in [0.2, 0.25) is 0 Å². The van der Waals surface area contributed by atoms with E-state index >= 15 is 0 Å². The van der Waals surface area contributed by atoms with Gasteiger partial charge in [-0.05, 0) is 40.3 Å². The van der Waals surface area contributed by atoms with Crippen molar-refractivity contribution < 1.29 is 4.39 Å². The van der Waals surface area contributed by atoms with Gasteiger partial charge in [0.25, 0.3) is 0 Å². The standard InChI is InChI=1S/C7H6FIS/c8-6-2-1-5(4-10)7(9)3-6/h1-3,10H,4H2. The monoisotopic (exact) mass is 268 g/mol. The molecule has 0 aliphatic carbocycles. The molecule has 0 saturated carbocycles. The Morgan fingerprint density at radius 3 is 2.70 bits per heavy atom. The molecular formula is C7H6FIS. The molecular weight excluding hydrogens is 262 g/mol. The molecule has 0 N–H and O–H groups in total. The lowest BCUT2D eigenvalue weighted by atomic mass is 10.2. The maximum absolute atomic E-state index is 12.5. The van der Waals surface area contributed by atoms with Crippen LogP contribution in [0.5, 0.6) is 0 Å². The van der Waals surface area contributed by atoms with Gasteiger partial charge < -0.3 is 0 Å². The summed E-state index contributed by atoms with van der Waals surface area (Å²) < 4.78 is 13.4. The van der Waals surface area contributed by atoms with Crippen LogP contribution >= 0.6 is 35.2 Å². The molecule has 1 aromatic carbocycles. The predicted molar refractivity (Wildman–Crippen MR) is 51.8 cm³/mol. The van der Waals surface area contributed by atoms with Gasteiger partial charge in [-0.25, -0.2) is 4.39 Å². The fourth-order valence-electron chi connectivity index (χ4n) is 0.650. The molecule has 0 radical (unpaired) electrons. The van der Waals surface area contributed by atoms with Crippen LogP contribution in [-0.2, 0) is 5.75 Å². The SMILES string of the molecule is Fc1ccc(CS)c(I)c1. The van der Waals surface area contributed by atoms with Crippen molar-refractivity contribution in [2.45, 2.75) is 5.75 Å². The van der Waals surface area contributed by atoms with Crippen molar-refractivity contribution in [3.05, 3.63) is 33.1 Å². The minimum absolute atomic E-state index is 0.185. The van der Waals surface area contributed by atoms with Crippen LogP contribution in [-0.4, -0.2) is 0 Å². The maximum Gasteiger partial charge on any atom is 0.124 e. The summed E-state index contributed by atoms with van der Waals surface area (Å²) in [6, 6.07) is 4.71. The van der Waals surface area contributed by atoms with Crippen molar-refractivity contribution in [2.75, 3.05) is 0 Å². The van der Waals surface area contributed by atoms with E-state index in [-0.39, 0.29) is 5.82 Å². The minimum Gasteiger partial charge on any atom is -0.207 e. The first-order valence-corrected chi connectivity index (χ1v) is 4.50. The Morgan fingerprint density at radius 2 is 2.20 bits per heavy atom. The highest BCUT2D eigenvalue weighted by Gasteiger charge is 1.97. The highest BCUT2D eigenvalue weighted by Crippen LogP contribution is 2.15. The summed E-state index contributed by atoms with van der Waals surface area (Å²) in [5, 5.41) is 0. The molecule has 54 valence electrons. The van der Waals surface area contributed by atoms with E-state index in [1.807, 2.05) is 0 Å². The summed E-state index contributed by atoms with van der Waals surface area (Å²) in [4.78, 5) is 0. The van der Waals surface area contributed by atoms with Gasteiger partial charge in [-0.1, -0.05) is 6.07 Å². The van der Waals surface area contributed by atoms with E-state index < -0.39 is 0 Å². The highest BCUT2D eigenvalue weighted by molar-refractivity contribution is 14.1. The van der Waals surface area contributed by atoms with Crippen molar-refractivity contribution in [1.82, 2.24) is 0 Å². The summed E-state index contributed by atoms with van der Waals surface area (Å²) in [6.45, 7) is 0. The third-order valence-electron chi connectivity index (χ3n) is 1.19. The molecule has 0 aliphatic rings. The fourth-order valence-corrected chi connectivity index (χ4v) is 1.90. The summed E-state index contributed by atoms with van der Waals surface area (Å²) in [7, 11) is 0. The second-order valence-electron chi connectivity index (χ2n) is 1.89. The number of benzene rings is 1. The highest BCUT2D eigenvalue weighted by atomic mass is 127. The molecule has 3 heteroatoms. The average molecular weight is 268 g/mol. The van der Waals surface area contributed by atoms with Crippen molar-refractivity contribution in [3.8, 4) is 0 Å². The van der Waals surface area contributed by atoms with E-state index in [0.29, 0.717) is 5.75 Å². The molecule has 1 rings (SSSR count). The zero-order valence-corrected chi connectivity index (χ0v) is 8.19. The lowest BCUT2D eigenvalue weighted by Gasteiger charge is -1.98. The molecule has 0 nitrogen and oxygen atoms in total. The fraction of sp³-hybridized carbons (Fsp3) is 0.143. The topological polar surface area (TPSA) is 0 Å². The number of hydrogen-bond acceptors (Lipinski definition) is 1. The van der Waals surface area contributed by atoms with Gasteiger partial charge in [0.1, 0.15) is 5.82 Å². The van der Waals surface area contributed by atoms with Gasteiger partial charge >= 0.3 is 0 Å². The molecule has 0 bridgehead atoms. The van der Waals surface area contributed by atoms with Crippen LogP contribution in [0.25, 0.3) is 0 Å². The summed E-state index contributed by atoms with van der Waals surface area (Å²) >= 11 is 6.18. The zero-order chi connectivity index (χ0) is 7.56. The van der Waals surface area contributed by atoms with E-state index in [4.69, 9.17) is 0 Å². The number of thiol groups is 1. The van der Waals surface area contributed by atoms with Gasteiger partial charge in [0.15, 0.2) is 0 Å². The van der Waals surface area contributed by atoms with E-state index in [2.05, 4.69) is 35.2 Å². The Morgan fingerprint density at radius 1 is 1.50 bits per heavy atom. The lowest BCUT2D eigenvalue weighted by molar-refractivity contribution is 0.626. The van der Waals surface area contributed by atoms with E-state index in [0.717, 1.165) is 9.13 Å². The van der Waals surface area contributed by atoms with Gasteiger partial charge in [-0.2, -0.15) is 12.6 Å². The molecule has 0 fully saturated rings. The number of halogens is 2. The van der Waals surface area contributed by atoms with Gasteiger partial charge in [0.05, 0.1) is 0 Å². The quantitative estimate of drug-likeness (QED) is 0.587. The Kier molecular flexibility index (Phi) is 2.97. The molecule has 0 amide bonds. The first kappa shape index (κ1) is 8.33. The minimum atomic E-state index is -0.185. The van der Waals surface area contributed by atoms with Crippen LogP contribution in [0.4, 0.5) is 4.39 Å². The Bertz CT molecular complexity index is 237. The number of hydrogen-bond donors (Lipinski definition) is 1. The van der Waals surface area contributed by atoms with Crippen LogP contribution in [0, 0.1) is 9.39 Å². The third-order valence-corrected chi connectivity index (χ3v) is 2.53. The molecule has 0 heterocycles. The second kappa shape index (κ2) is 3.57.